The van der Waals surface area contributed by atoms with Gasteiger partial charge in [-0.15, -0.1) is 0 Å². The first-order chi connectivity index (χ1) is 19.2. The van der Waals surface area contributed by atoms with Crippen LogP contribution in [0, 0.1) is 0 Å². The Morgan fingerprint density at radius 2 is 1.77 bits per heavy atom. The first kappa shape index (κ1) is 24.5. The zero-order valence-electron chi connectivity index (χ0n) is 22.6. The third kappa shape index (κ3) is 4.44. The van der Waals surface area contributed by atoms with Crippen molar-refractivity contribution in [2.24, 2.45) is 0 Å². The molecule has 11 heteroatoms. The SMILES string of the molecule is CCn1c(N2CCN3CCOCC3C2)nc2c(N3CCOCC3C)nc(-n3cc(-c4ccccc4)cn3)nc21. The number of ether oxygens (including phenoxy) is 2. The van der Waals surface area contributed by atoms with Gasteiger partial charge in [-0.2, -0.15) is 15.1 Å². The molecule has 204 valence electrons. The molecule has 0 N–H and O–H groups in total. The number of imidazole rings is 1. The van der Waals surface area contributed by atoms with Crippen LogP contribution in [0.2, 0.25) is 0 Å². The normalized spacial score (nSPS) is 22.4. The van der Waals surface area contributed by atoms with Gasteiger partial charge in [0.1, 0.15) is 0 Å². The fourth-order valence-electron chi connectivity index (χ4n) is 5.98. The highest BCUT2D eigenvalue weighted by molar-refractivity contribution is 5.87. The van der Waals surface area contributed by atoms with E-state index in [1.807, 2.05) is 30.6 Å². The summed E-state index contributed by atoms with van der Waals surface area (Å²) in [5.74, 6) is 2.34. The van der Waals surface area contributed by atoms with Crippen molar-refractivity contribution in [2.75, 3.05) is 69.0 Å². The van der Waals surface area contributed by atoms with Gasteiger partial charge in [0, 0.05) is 51.0 Å². The summed E-state index contributed by atoms with van der Waals surface area (Å²) in [6, 6.07) is 10.8. The lowest BCUT2D eigenvalue weighted by Crippen LogP contribution is -2.58. The van der Waals surface area contributed by atoms with Gasteiger partial charge in [0.2, 0.25) is 5.95 Å². The zero-order chi connectivity index (χ0) is 26.3. The standard InChI is InChI=1S/C28H35N9O2/c1-3-35-25-24(30-28(35)34-10-9-33-11-13-39-19-23(33)17-34)26(36-12-14-38-18-20(36)2)32-27(31-25)37-16-22(15-29-37)21-7-5-4-6-8-21/h4-8,15-16,20,23H,3,9-14,17-19H2,1-2H3. The average molecular weight is 530 g/mol. The number of nitrogens with zero attached hydrogens (tertiary/aromatic N) is 9. The maximum Gasteiger partial charge on any atom is 0.254 e. The van der Waals surface area contributed by atoms with Crippen molar-refractivity contribution in [1.82, 2.24) is 34.2 Å². The largest absolute Gasteiger partial charge is 0.378 e. The van der Waals surface area contributed by atoms with Gasteiger partial charge in [-0.1, -0.05) is 30.3 Å². The molecule has 3 aromatic heterocycles. The van der Waals surface area contributed by atoms with Crippen molar-refractivity contribution in [3.8, 4) is 17.1 Å². The fourth-order valence-corrected chi connectivity index (χ4v) is 5.98. The second-order valence-corrected chi connectivity index (χ2v) is 10.5. The van der Waals surface area contributed by atoms with Gasteiger partial charge < -0.3 is 19.3 Å². The van der Waals surface area contributed by atoms with Crippen LogP contribution in [0.5, 0.6) is 0 Å². The molecule has 4 aromatic rings. The van der Waals surface area contributed by atoms with Gasteiger partial charge in [0.25, 0.3) is 5.95 Å². The molecule has 11 nitrogen and oxygen atoms in total. The summed E-state index contributed by atoms with van der Waals surface area (Å²) in [5.41, 5.74) is 3.81. The van der Waals surface area contributed by atoms with E-state index >= 15 is 0 Å². The number of piperazine rings is 1. The molecule has 2 atom stereocenters. The highest BCUT2D eigenvalue weighted by atomic mass is 16.5. The summed E-state index contributed by atoms with van der Waals surface area (Å²) in [6.45, 7) is 12.6. The van der Waals surface area contributed by atoms with E-state index in [0.29, 0.717) is 25.2 Å². The Kier molecular flexibility index (Phi) is 6.42. The first-order valence-electron chi connectivity index (χ1n) is 14.0. The summed E-state index contributed by atoms with van der Waals surface area (Å²) >= 11 is 0. The number of hydrogen-bond donors (Lipinski definition) is 0. The maximum atomic E-state index is 5.80. The molecule has 0 spiro atoms. The summed E-state index contributed by atoms with van der Waals surface area (Å²) in [5, 5.41) is 4.66. The quantitative estimate of drug-likeness (QED) is 0.387. The molecular formula is C28H35N9O2. The van der Waals surface area contributed by atoms with E-state index in [9.17, 15) is 0 Å². The van der Waals surface area contributed by atoms with Crippen LogP contribution in [0.3, 0.4) is 0 Å². The van der Waals surface area contributed by atoms with Crippen LogP contribution in [0.25, 0.3) is 28.2 Å². The monoisotopic (exact) mass is 529 g/mol. The van der Waals surface area contributed by atoms with Crippen LogP contribution in [-0.2, 0) is 16.0 Å². The smallest absolute Gasteiger partial charge is 0.254 e. The molecule has 7 rings (SSSR count). The zero-order valence-corrected chi connectivity index (χ0v) is 22.6. The maximum absolute atomic E-state index is 5.80. The number of hydrogen-bond acceptors (Lipinski definition) is 9. The Morgan fingerprint density at radius 1 is 0.923 bits per heavy atom. The molecule has 2 unspecified atom stereocenters. The topological polar surface area (TPSA) is 89.6 Å². The van der Waals surface area contributed by atoms with Crippen molar-refractivity contribution < 1.29 is 9.47 Å². The second kappa shape index (κ2) is 10.2. The summed E-state index contributed by atoms with van der Waals surface area (Å²) in [6.07, 6.45) is 3.87. The van der Waals surface area contributed by atoms with Gasteiger partial charge in [-0.25, -0.2) is 9.67 Å². The van der Waals surface area contributed by atoms with E-state index in [-0.39, 0.29) is 6.04 Å². The minimum Gasteiger partial charge on any atom is -0.378 e. The lowest BCUT2D eigenvalue weighted by atomic mass is 10.1. The first-order valence-corrected chi connectivity index (χ1v) is 14.0. The Balaban J connectivity index is 1.34. The number of aromatic nitrogens is 6. The molecule has 3 aliphatic rings. The van der Waals surface area contributed by atoms with E-state index in [0.717, 1.165) is 86.5 Å². The lowest BCUT2D eigenvalue weighted by molar-refractivity contribution is -0.0119. The molecule has 1 aromatic carbocycles. The summed E-state index contributed by atoms with van der Waals surface area (Å²) in [4.78, 5) is 22.6. The molecule has 0 saturated carbocycles. The highest BCUT2D eigenvalue weighted by Crippen LogP contribution is 2.32. The van der Waals surface area contributed by atoms with Crippen LogP contribution >= 0.6 is 0 Å². The van der Waals surface area contributed by atoms with Gasteiger partial charge in [-0.05, 0) is 19.4 Å². The third-order valence-corrected chi connectivity index (χ3v) is 8.12. The van der Waals surface area contributed by atoms with E-state index in [2.05, 4.69) is 50.3 Å². The number of anilines is 2. The van der Waals surface area contributed by atoms with Crippen LogP contribution < -0.4 is 9.80 Å². The third-order valence-electron chi connectivity index (χ3n) is 8.12. The van der Waals surface area contributed by atoms with E-state index in [1.165, 1.54) is 0 Å². The molecule has 39 heavy (non-hydrogen) atoms. The van der Waals surface area contributed by atoms with Crippen LogP contribution in [-0.4, -0.2) is 105 Å². The van der Waals surface area contributed by atoms with Crippen molar-refractivity contribution >= 4 is 22.9 Å². The van der Waals surface area contributed by atoms with Crippen LogP contribution in [0.4, 0.5) is 11.8 Å². The molecule has 0 aliphatic carbocycles. The highest BCUT2D eigenvalue weighted by Gasteiger charge is 2.33. The number of aryl methyl sites for hydroxylation is 1. The van der Waals surface area contributed by atoms with Gasteiger partial charge in [0.15, 0.2) is 17.0 Å². The number of morpholine rings is 2. The van der Waals surface area contributed by atoms with Crippen LogP contribution in [0.1, 0.15) is 13.8 Å². The van der Waals surface area contributed by atoms with Gasteiger partial charge in [0.05, 0.1) is 44.7 Å². The van der Waals surface area contributed by atoms with Crippen LogP contribution in [0.15, 0.2) is 42.7 Å². The molecule has 6 heterocycles. The number of benzene rings is 1. The number of rotatable bonds is 5. The predicted molar refractivity (Wildman–Crippen MR) is 150 cm³/mol. The molecule has 0 bridgehead atoms. The Hall–Kier alpha value is -3.54. The average Bonchev–Trinajstić information content (AvgIpc) is 3.63. The minimum atomic E-state index is 0.181. The molecule has 0 radical (unpaired) electrons. The van der Waals surface area contributed by atoms with E-state index in [1.54, 1.807) is 4.68 Å². The Labute approximate surface area is 228 Å². The van der Waals surface area contributed by atoms with Crippen molar-refractivity contribution in [1.29, 1.82) is 0 Å². The predicted octanol–water partition coefficient (Wildman–Crippen LogP) is 2.44. The van der Waals surface area contributed by atoms with Crippen molar-refractivity contribution in [3.63, 3.8) is 0 Å². The minimum absolute atomic E-state index is 0.181. The number of fused-ring (bicyclic) bond motifs is 2. The summed E-state index contributed by atoms with van der Waals surface area (Å²) < 4.78 is 15.6. The van der Waals surface area contributed by atoms with Gasteiger partial charge >= 0.3 is 0 Å². The molecule has 0 amide bonds. The molecule has 3 fully saturated rings. The van der Waals surface area contributed by atoms with Crippen molar-refractivity contribution in [2.45, 2.75) is 32.5 Å². The Bertz CT molecular complexity index is 1450. The van der Waals surface area contributed by atoms with E-state index in [4.69, 9.17) is 24.4 Å². The van der Waals surface area contributed by atoms with Crippen molar-refractivity contribution in [3.05, 3.63) is 42.7 Å². The van der Waals surface area contributed by atoms with E-state index < -0.39 is 0 Å². The van der Waals surface area contributed by atoms with Gasteiger partial charge in [-0.3, -0.25) is 9.47 Å². The second-order valence-electron chi connectivity index (χ2n) is 10.5. The Morgan fingerprint density at radius 3 is 2.62 bits per heavy atom. The molecule has 3 aliphatic heterocycles. The fraction of sp³-hybridized carbons (Fsp3) is 0.500. The lowest BCUT2D eigenvalue weighted by Gasteiger charge is -2.44. The molecule has 3 saturated heterocycles. The molecular weight excluding hydrogens is 494 g/mol. The summed E-state index contributed by atoms with van der Waals surface area (Å²) in [7, 11) is 0.